The van der Waals surface area contributed by atoms with E-state index in [0.717, 1.165) is 23.7 Å². The Morgan fingerprint density at radius 2 is 1.92 bits per heavy atom. The van der Waals surface area contributed by atoms with Gasteiger partial charge in [0.05, 0.1) is 5.69 Å². The van der Waals surface area contributed by atoms with Crippen LogP contribution in [0.25, 0.3) is 0 Å². The van der Waals surface area contributed by atoms with Crippen LogP contribution in [0.1, 0.15) is 46.0 Å². The molecule has 0 saturated heterocycles. The monoisotopic (exact) mass is 392 g/mol. The largest absolute Gasteiger partial charge is 0.355 e. The van der Waals surface area contributed by atoms with Gasteiger partial charge in [-0.3, -0.25) is 9.59 Å². The second-order valence-electron chi connectivity index (χ2n) is 6.67. The summed E-state index contributed by atoms with van der Waals surface area (Å²) < 4.78 is 0.791. The minimum Gasteiger partial charge on any atom is -0.355 e. The maximum Gasteiger partial charge on any atom is 0.239 e. The molecule has 2 amide bonds. The van der Waals surface area contributed by atoms with Crippen LogP contribution in [0.3, 0.4) is 0 Å². The molecule has 0 fully saturated rings. The first kappa shape index (κ1) is 18.7. The van der Waals surface area contributed by atoms with E-state index in [0.29, 0.717) is 12.2 Å². The Hall–Kier alpha value is -1.62. The Morgan fingerprint density at radius 3 is 2.58 bits per heavy atom. The molecule has 5 heteroatoms. The minimum atomic E-state index is -1.13. The summed E-state index contributed by atoms with van der Waals surface area (Å²) in [6, 6.07) is 7.36. The summed E-state index contributed by atoms with van der Waals surface area (Å²) in [7, 11) is 0. The Morgan fingerprint density at radius 1 is 1.17 bits per heavy atom. The number of amides is 2. The lowest BCUT2D eigenvalue weighted by molar-refractivity contribution is -0.138. The van der Waals surface area contributed by atoms with Gasteiger partial charge in [0.25, 0.3) is 0 Å². The molecule has 1 aromatic rings. The molecule has 0 bridgehead atoms. The molecule has 2 N–H and O–H groups in total. The van der Waals surface area contributed by atoms with Crippen LogP contribution >= 0.6 is 15.9 Å². The van der Waals surface area contributed by atoms with Gasteiger partial charge < -0.3 is 10.6 Å². The lowest BCUT2D eigenvalue weighted by Gasteiger charge is -2.23. The fourth-order valence-electron chi connectivity index (χ4n) is 2.63. The zero-order valence-corrected chi connectivity index (χ0v) is 15.9. The SMILES string of the molecule is CC(C)(C(=O)NCCC1=CCCCC1)C(=O)Nc1ccccc1Br. The van der Waals surface area contributed by atoms with Crippen LogP contribution < -0.4 is 10.6 Å². The second-order valence-corrected chi connectivity index (χ2v) is 7.53. The van der Waals surface area contributed by atoms with Gasteiger partial charge in [0.2, 0.25) is 11.8 Å². The van der Waals surface area contributed by atoms with Gasteiger partial charge in [-0.05, 0) is 74.0 Å². The Kier molecular flexibility index (Phi) is 6.60. The van der Waals surface area contributed by atoms with E-state index in [4.69, 9.17) is 0 Å². The summed E-state index contributed by atoms with van der Waals surface area (Å²) in [5.74, 6) is -0.563. The van der Waals surface area contributed by atoms with E-state index in [2.05, 4.69) is 32.6 Å². The fraction of sp³-hybridized carbons (Fsp3) is 0.474. The molecule has 0 spiro atoms. The number of carbonyl (C=O) groups is 2. The molecule has 24 heavy (non-hydrogen) atoms. The van der Waals surface area contributed by atoms with Gasteiger partial charge in [-0.15, -0.1) is 0 Å². The van der Waals surface area contributed by atoms with Crippen LogP contribution in [-0.4, -0.2) is 18.4 Å². The van der Waals surface area contributed by atoms with E-state index in [1.807, 2.05) is 18.2 Å². The highest BCUT2D eigenvalue weighted by Gasteiger charge is 2.36. The molecule has 4 nitrogen and oxygen atoms in total. The van der Waals surface area contributed by atoms with Crippen molar-refractivity contribution in [3.63, 3.8) is 0 Å². The Labute approximate surface area is 152 Å². The summed E-state index contributed by atoms with van der Waals surface area (Å²) in [6.45, 7) is 3.87. The number of carbonyl (C=O) groups excluding carboxylic acids is 2. The van der Waals surface area contributed by atoms with Gasteiger partial charge >= 0.3 is 0 Å². The van der Waals surface area contributed by atoms with Gasteiger partial charge in [-0.25, -0.2) is 0 Å². The van der Waals surface area contributed by atoms with E-state index >= 15 is 0 Å². The number of rotatable bonds is 6. The van der Waals surface area contributed by atoms with Crippen molar-refractivity contribution in [3.05, 3.63) is 40.4 Å². The summed E-state index contributed by atoms with van der Waals surface area (Å²) >= 11 is 3.39. The first-order chi connectivity index (χ1) is 11.4. The molecule has 2 rings (SSSR count). The van der Waals surface area contributed by atoms with Crippen molar-refractivity contribution in [2.75, 3.05) is 11.9 Å². The first-order valence-corrected chi connectivity index (χ1v) is 9.23. The van der Waals surface area contributed by atoms with Crippen molar-refractivity contribution in [2.45, 2.75) is 46.0 Å². The number of benzene rings is 1. The molecular weight excluding hydrogens is 368 g/mol. The summed E-state index contributed by atoms with van der Waals surface area (Å²) in [4.78, 5) is 24.9. The topological polar surface area (TPSA) is 58.2 Å². The van der Waals surface area contributed by atoms with Crippen LogP contribution in [0.5, 0.6) is 0 Å². The van der Waals surface area contributed by atoms with Gasteiger partial charge in [0, 0.05) is 11.0 Å². The highest BCUT2D eigenvalue weighted by molar-refractivity contribution is 9.10. The van der Waals surface area contributed by atoms with Crippen molar-refractivity contribution < 1.29 is 9.59 Å². The van der Waals surface area contributed by atoms with Crippen molar-refractivity contribution in [1.29, 1.82) is 0 Å². The molecule has 0 atom stereocenters. The Balaban J connectivity index is 1.88. The fourth-order valence-corrected chi connectivity index (χ4v) is 3.02. The zero-order valence-electron chi connectivity index (χ0n) is 14.3. The number of para-hydroxylation sites is 1. The molecule has 1 aliphatic carbocycles. The predicted molar refractivity (Wildman–Crippen MR) is 101 cm³/mol. The molecule has 0 unspecified atom stereocenters. The third-order valence-corrected chi connectivity index (χ3v) is 5.07. The summed E-state index contributed by atoms with van der Waals surface area (Å²) in [5, 5.41) is 5.71. The average molecular weight is 393 g/mol. The van der Waals surface area contributed by atoms with Gasteiger partial charge in [-0.1, -0.05) is 23.8 Å². The number of allylic oxidation sites excluding steroid dienone is 1. The molecule has 1 aromatic carbocycles. The van der Waals surface area contributed by atoms with E-state index in [1.165, 1.54) is 18.4 Å². The normalized spacial score (nSPS) is 14.7. The van der Waals surface area contributed by atoms with E-state index in [1.54, 1.807) is 19.9 Å². The van der Waals surface area contributed by atoms with Crippen molar-refractivity contribution >= 4 is 33.4 Å². The van der Waals surface area contributed by atoms with Crippen LogP contribution in [-0.2, 0) is 9.59 Å². The maximum atomic E-state index is 12.5. The lowest BCUT2D eigenvalue weighted by atomic mass is 9.90. The zero-order chi connectivity index (χ0) is 17.6. The molecule has 0 saturated carbocycles. The van der Waals surface area contributed by atoms with E-state index in [9.17, 15) is 9.59 Å². The minimum absolute atomic E-state index is 0.247. The van der Waals surface area contributed by atoms with Gasteiger partial charge in [0.15, 0.2) is 0 Å². The molecule has 0 aliphatic heterocycles. The number of anilines is 1. The number of nitrogens with one attached hydrogen (secondary N) is 2. The highest BCUT2D eigenvalue weighted by Crippen LogP contribution is 2.25. The predicted octanol–water partition coefficient (Wildman–Crippen LogP) is 4.42. The van der Waals surface area contributed by atoms with Crippen LogP contribution in [0.4, 0.5) is 5.69 Å². The first-order valence-electron chi connectivity index (χ1n) is 8.43. The van der Waals surface area contributed by atoms with Crippen LogP contribution in [0, 0.1) is 5.41 Å². The third kappa shape index (κ3) is 4.94. The quantitative estimate of drug-likeness (QED) is 0.555. The molecule has 130 valence electrons. The molecule has 0 radical (unpaired) electrons. The highest BCUT2D eigenvalue weighted by atomic mass is 79.9. The van der Waals surface area contributed by atoms with Crippen LogP contribution in [0.2, 0.25) is 0 Å². The average Bonchev–Trinajstić information content (AvgIpc) is 2.57. The van der Waals surface area contributed by atoms with Crippen molar-refractivity contribution in [2.24, 2.45) is 5.41 Å². The number of halogens is 1. The van der Waals surface area contributed by atoms with Gasteiger partial charge in [-0.2, -0.15) is 0 Å². The summed E-state index contributed by atoms with van der Waals surface area (Å²) in [5.41, 5.74) is 0.948. The smallest absolute Gasteiger partial charge is 0.239 e. The molecule has 1 aliphatic rings. The third-order valence-electron chi connectivity index (χ3n) is 4.37. The maximum absolute atomic E-state index is 12.5. The molecule has 0 heterocycles. The number of hydrogen-bond acceptors (Lipinski definition) is 2. The second kappa shape index (κ2) is 8.47. The standard InChI is InChI=1S/C19H25BrN2O2/c1-19(2,18(24)22-16-11-7-6-10-15(16)20)17(23)21-13-12-14-8-4-3-5-9-14/h6-8,10-11H,3-5,9,12-13H2,1-2H3,(H,21,23)(H,22,24). The van der Waals surface area contributed by atoms with E-state index in [-0.39, 0.29) is 11.8 Å². The lowest BCUT2D eigenvalue weighted by Crippen LogP contribution is -2.45. The molecule has 0 aromatic heterocycles. The van der Waals surface area contributed by atoms with Crippen molar-refractivity contribution in [3.8, 4) is 0 Å². The Bertz CT molecular complexity index is 638. The van der Waals surface area contributed by atoms with Gasteiger partial charge in [0.1, 0.15) is 5.41 Å². The van der Waals surface area contributed by atoms with Crippen molar-refractivity contribution in [1.82, 2.24) is 5.32 Å². The number of hydrogen-bond donors (Lipinski definition) is 2. The molecular formula is C19H25BrN2O2. The summed E-state index contributed by atoms with van der Waals surface area (Å²) in [6.07, 6.45) is 7.91. The van der Waals surface area contributed by atoms with E-state index < -0.39 is 5.41 Å². The van der Waals surface area contributed by atoms with Crippen LogP contribution in [0.15, 0.2) is 40.4 Å².